The van der Waals surface area contributed by atoms with Crippen LogP contribution in [0.5, 0.6) is 0 Å². The van der Waals surface area contributed by atoms with Crippen LogP contribution in [0, 0.1) is 0 Å². The van der Waals surface area contributed by atoms with E-state index in [1.165, 1.54) is 122 Å². The Morgan fingerprint density at radius 3 is 1.09 bits per heavy atom. The summed E-state index contributed by atoms with van der Waals surface area (Å²) in [5.74, 6) is -0.929. The topological polar surface area (TPSA) is 78.9 Å². The maximum Gasteiger partial charge on any atom is 0.306 e. The van der Waals surface area contributed by atoms with Crippen molar-refractivity contribution >= 4 is 17.9 Å². The van der Waals surface area contributed by atoms with Crippen molar-refractivity contribution in [1.29, 1.82) is 0 Å². The normalized spacial score (nSPS) is 12.7. The van der Waals surface area contributed by atoms with Crippen LogP contribution in [0.4, 0.5) is 0 Å². The summed E-state index contributed by atoms with van der Waals surface area (Å²) in [7, 11) is 0. The number of rotatable bonds is 50. The fourth-order valence-corrected chi connectivity index (χ4v) is 7.79. The van der Waals surface area contributed by atoms with Gasteiger partial charge >= 0.3 is 17.9 Å². The zero-order valence-corrected chi connectivity index (χ0v) is 43.9. The predicted octanol–water partition coefficient (Wildman–Crippen LogP) is 18.8. The van der Waals surface area contributed by atoms with Crippen molar-refractivity contribution in [3.05, 3.63) is 85.1 Å². The summed E-state index contributed by atoms with van der Waals surface area (Å²) in [4.78, 5) is 38.1. The van der Waals surface area contributed by atoms with Gasteiger partial charge in [-0.25, -0.2) is 0 Å². The van der Waals surface area contributed by atoms with Gasteiger partial charge in [0.15, 0.2) is 6.10 Å². The van der Waals surface area contributed by atoms with Crippen LogP contribution in [-0.2, 0) is 28.6 Å². The van der Waals surface area contributed by atoms with Crippen molar-refractivity contribution in [2.75, 3.05) is 13.2 Å². The third kappa shape index (κ3) is 53.4. The predicted molar refractivity (Wildman–Crippen MR) is 288 cm³/mol. The molecule has 0 rings (SSSR count). The van der Waals surface area contributed by atoms with Gasteiger partial charge in [0.1, 0.15) is 13.2 Å². The number of carbonyl (C=O) groups excluding carboxylic acids is 3. The van der Waals surface area contributed by atoms with E-state index >= 15 is 0 Å². The fraction of sp³-hybridized carbons (Fsp3) is 0.721. The minimum atomic E-state index is -0.797. The van der Waals surface area contributed by atoms with E-state index in [-0.39, 0.29) is 37.5 Å². The van der Waals surface area contributed by atoms with Gasteiger partial charge in [-0.1, -0.05) is 254 Å². The molecule has 0 aromatic heterocycles. The Morgan fingerprint density at radius 1 is 0.328 bits per heavy atom. The Labute approximate surface area is 414 Å². The van der Waals surface area contributed by atoms with Crippen LogP contribution in [-0.4, -0.2) is 37.2 Å². The molecule has 0 spiro atoms. The average Bonchev–Trinajstić information content (AvgIpc) is 3.33. The molecule has 0 fully saturated rings. The Morgan fingerprint density at radius 2 is 0.657 bits per heavy atom. The van der Waals surface area contributed by atoms with Gasteiger partial charge in [0, 0.05) is 19.3 Å². The first-order chi connectivity index (χ1) is 33.0. The van der Waals surface area contributed by atoms with Crippen molar-refractivity contribution in [3.8, 4) is 0 Å². The molecule has 67 heavy (non-hydrogen) atoms. The molecule has 0 bridgehead atoms. The lowest BCUT2D eigenvalue weighted by atomic mass is 10.0. The molecule has 0 aromatic rings. The number of allylic oxidation sites excluding steroid dienone is 14. The highest BCUT2D eigenvalue weighted by molar-refractivity contribution is 5.71. The Bertz CT molecular complexity index is 1300. The van der Waals surface area contributed by atoms with E-state index in [0.717, 1.165) is 103 Å². The van der Waals surface area contributed by atoms with Crippen molar-refractivity contribution in [3.63, 3.8) is 0 Å². The molecule has 0 amide bonds. The van der Waals surface area contributed by atoms with E-state index in [1.807, 2.05) is 0 Å². The lowest BCUT2D eigenvalue weighted by Gasteiger charge is -2.18. The number of hydrogen-bond donors (Lipinski definition) is 0. The maximum atomic E-state index is 12.8. The van der Waals surface area contributed by atoms with E-state index in [0.29, 0.717) is 12.8 Å². The summed E-state index contributed by atoms with van der Waals surface area (Å²) in [6.45, 7) is 6.38. The zero-order valence-electron chi connectivity index (χ0n) is 43.9. The van der Waals surface area contributed by atoms with E-state index in [2.05, 4.69) is 106 Å². The molecule has 0 aliphatic rings. The Balaban J connectivity index is 4.42. The average molecular weight is 933 g/mol. The number of unbranched alkanes of at least 4 members (excludes halogenated alkanes) is 27. The molecule has 0 radical (unpaired) electrons. The Kier molecular flexibility index (Phi) is 52.4. The molecule has 1 unspecified atom stereocenters. The quantitative estimate of drug-likeness (QED) is 0.0199. The lowest BCUT2D eigenvalue weighted by molar-refractivity contribution is -0.167. The zero-order chi connectivity index (χ0) is 48.6. The van der Waals surface area contributed by atoms with Gasteiger partial charge in [0.05, 0.1) is 0 Å². The van der Waals surface area contributed by atoms with Gasteiger partial charge in [0.25, 0.3) is 0 Å². The van der Waals surface area contributed by atoms with Crippen molar-refractivity contribution in [2.24, 2.45) is 0 Å². The van der Waals surface area contributed by atoms with Gasteiger partial charge in [-0.3, -0.25) is 14.4 Å². The molecule has 0 saturated carbocycles. The number of hydrogen-bond acceptors (Lipinski definition) is 6. The minimum absolute atomic E-state index is 0.0917. The summed E-state index contributed by atoms with van der Waals surface area (Å²) in [5.41, 5.74) is 0. The van der Waals surface area contributed by atoms with Crippen LogP contribution < -0.4 is 0 Å². The van der Waals surface area contributed by atoms with E-state index in [1.54, 1.807) is 0 Å². The second-order valence-corrected chi connectivity index (χ2v) is 18.5. The summed E-state index contributed by atoms with van der Waals surface area (Å²) in [6, 6.07) is 0. The minimum Gasteiger partial charge on any atom is -0.462 e. The smallest absolute Gasteiger partial charge is 0.306 e. The molecular formula is C61H104O6. The van der Waals surface area contributed by atoms with E-state index < -0.39 is 6.10 Å². The molecule has 384 valence electrons. The summed E-state index contributed by atoms with van der Waals surface area (Å²) < 4.78 is 16.8. The van der Waals surface area contributed by atoms with Crippen LogP contribution >= 0.6 is 0 Å². The highest BCUT2D eigenvalue weighted by Crippen LogP contribution is 2.16. The first kappa shape index (κ1) is 63.6. The largest absolute Gasteiger partial charge is 0.462 e. The SMILES string of the molecule is CC\C=C/C=C\C=C/CCCCCCCCCC(=O)OCC(COC(=O)CCCCCCCCCCCCCCCCCCCC)OC(=O)CCCCC/C=C\C/C=C\C/C=C\C/C=C\CC. The molecular weight excluding hydrogens is 829 g/mol. The molecule has 6 nitrogen and oxygen atoms in total. The fourth-order valence-electron chi connectivity index (χ4n) is 7.79. The molecule has 6 heteroatoms. The monoisotopic (exact) mass is 933 g/mol. The van der Waals surface area contributed by atoms with Crippen LogP contribution in [0.2, 0.25) is 0 Å². The van der Waals surface area contributed by atoms with E-state index in [4.69, 9.17) is 14.2 Å². The van der Waals surface area contributed by atoms with Gasteiger partial charge in [-0.05, 0) is 77.0 Å². The molecule has 0 aliphatic carbocycles. The third-order valence-corrected chi connectivity index (χ3v) is 12.0. The van der Waals surface area contributed by atoms with Crippen LogP contribution in [0.15, 0.2) is 85.1 Å². The highest BCUT2D eigenvalue weighted by Gasteiger charge is 2.19. The molecule has 1 atom stereocenters. The van der Waals surface area contributed by atoms with E-state index in [9.17, 15) is 14.4 Å². The maximum absolute atomic E-state index is 12.8. The molecule has 0 heterocycles. The van der Waals surface area contributed by atoms with Crippen molar-refractivity contribution in [1.82, 2.24) is 0 Å². The van der Waals surface area contributed by atoms with Gasteiger partial charge in [0.2, 0.25) is 0 Å². The van der Waals surface area contributed by atoms with Gasteiger partial charge < -0.3 is 14.2 Å². The first-order valence-electron chi connectivity index (χ1n) is 28.1. The lowest BCUT2D eigenvalue weighted by Crippen LogP contribution is -2.30. The second-order valence-electron chi connectivity index (χ2n) is 18.5. The summed E-state index contributed by atoms with van der Waals surface area (Å²) >= 11 is 0. The second kappa shape index (κ2) is 55.2. The molecule has 0 N–H and O–H groups in total. The standard InChI is InChI=1S/C61H104O6/c1-4-7-10-13-16-19-22-25-28-30-31-34-36-39-42-45-48-51-54-60(63)66-57-58(56-65-59(62)53-50-47-44-41-38-35-32-27-24-21-18-15-12-9-6-3)67-61(64)55-52-49-46-43-40-37-33-29-26-23-20-17-14-11-8-5-2/h8-9,11-12,15,17-18,20-21,24,26,29,37,40,58H,4-7,10,13-14,16,19,22-23,25,27-28,30-36,38-39,41-57H2,1-3H3/b11-8-,12-9-,18-15-,20-17-,24-21-,29-26-,40-37-. The first-order valence-corrected chi connectivity index (χ1v) is 28.1. The van der Waals surface area contributed by atoms with Crippen LogP contribution in [0.25, 0.3) is 0 Å². The van der Waals surface area contributed by atoms with Crippen LogP contribution in [0.1, 0.15) is 265 Å². The van der Waals surface area contributed by atoms with Gasteiger partial charge in [-0.15, -0.1) is 0 Å². The summed E-state index contributed by atoms with van der Waals surface area (Å²) in [5, 5.41) is 0. The third-order valence-electron chi connectivity index (χ3n) is 12.0. The molecule has 0 aromatic carbocycles. The molecule has 0 saturated heterocycles. The number of carbonyl (C=O) groups is 3. The van der Waals surface area contributed by atoms with Crippen molar-refractivity contribution < 1.29 is 28.6 Å². The number of esters is 3. The Hall–Kier alpha value is -3.41. The van der Waals surface area contributed by atoms with Gasteiger partial charge in [-0.2, -0.15) is 0 Å². The highest BCUT2D eigenvalue weighted by atomic mass is 16.6. The molecule has 0 aliphatic heterocycles. The van der Waals surface area contributed by atoms with Crippen LogP contribution in [0.3, 0.4) is 0 Å². The number of ether oxygens (including phenoxy) is 3. The van der Waals surface area contributed by atoms with Crippen molar-refractivity contribution in [2.45, 2.75) is 271 Å². The summed E-state index contributed by atoms with van der Waals surface area (Å²) in [6.07, 6.45) is 71.4.